The number of rotatable bonds is 20. The molecule has 0 amide bonds. The van der Waals surface area contributed by atoms with Crippen LogP contribution in [0.4, 0.5) is 11.4 Å². The first-order valence-corrected chi connectivity index (χ1v) is 23.3. The molecule has 0 unspecified atom stereocenters. The van der Waals surface area contributed by atoms with Crippen LogP contribution in [0.3, 0.4) is 0 Å². The molecule has 0 radical (unpaired) electrons. The van der Waals surface area contributed by atoms with Crippen LogP contribution in [-0.4, -0.2) is 62.7 Å². The van der Waals surface area contributed by atoms with Gasteiger partial charge in [-0.05, 0) is 124 Å². The topological polar surface area (TPSA) is 115 Å². The average Bonchev–Trinajstić information content (AvgIpc) is 3.57. The van der Waals surface area contributed by atoms with Gasteiger partial charge in [-0.15, -0.1) is 4.33 Å². The molecule has 0 atom stereocenters. The van der Waals surface area contributed by atoms with Crippen molar-refractivity contribution in [3.05, 3.63) is 131 Å². The van der Waals surface area contributed by atoms with Gasteiger partial charge in [-0.1, -0.05) is 61.4 Å². The average molecular weight is 854 g/mol. The largest absolute Gasteiger partial charge is 0.457 e. The molecule has 60 heavy (non-hydrogen) atoms. The molecular weight excluding hydrogens is 795 g/mol. The Hall–Kier alpha value is -4.24. The Balaban J connectivity index is 1.38. The van der Waals surface area contributed by atoms with Crippen molar-refractivity contribution in [1.29, 1.82) is 0 Å². The highest BCUT2D eigenvalue weighted by Gasteiger charge is 2.44. The van der Waals surface area contributed by atoms with Crippen LogP contribution in [0.1, 0.15) is 96.6 Å². The lowest BCUT2D eigenvalue weighted by atomic mass is 9.81. The Bertz CT molecular complexity index is 2290. The number of carbonyl (C=O) groups is 1. The standard InChI is InChI=1S/C47H57BN2O8S2/c1-46(2)38-18-8-10-20-40(38)49(31-12-6-7-22-44(48)51)42(46)29-23-34-16-15-17-35(45(34)56-36-25-27-37(28-26-36)60(52,53)54)24-30-43-47(3,4)39-19-9-11-21-41(39)50(43)32-13-14-33-59-58-57-55-5/h8-11,18-21,23-30H,6-7,12-17,22,31-33,48H2,1-5H3/p+1. The number of nitrogens with zero attached hydrogens (tertiary/aromatic N) is 2. The number of fused-ring (bicyclic) bond motifs is 2. The minimum atomic E-state index is -4.36. The van der Waals surface area contributed by atoms with Crippen LogP contribution >= 0.6 is 12.0 Å². The molecule has 0 fully saturated rings. The van der Waals surface area contributed by atoms with E-state index in [1.807, 2.05) is 0 Å². The van der Waals surface area contributed by atoms with Gasteiger partial charge in [0.15, 0.2) is 13.6 Å². The molecule has 1 aliphatic carbocycles. The van der Waals surface area contributed by atoms with Crippen molar-refractivity contribution in [2.75, 3.05) is 30.9 Å². The van der Waals surface area contributed by atoms with Crippen LogP contribution in [0.25, 0.3) is 0 Å². The molecule has 0 spiro atoms. The van der Waals surface area contributed by atoms with Crippen molar-refractivity contribution >= 4 is 52.8 Å². The van der Waals surface area contributed by atoms with Gasteiger partial charge in [0.2, 0.25) is 5.69 Å². The highest BCUT2D eigenvalue weighted by molar-refractivity contribution is 7.94. The fraction of sp³-hybridized carbons (Fsp3) is 0.404. The quantitative estimate of drug-likeness (QED) is 0.0224. The van der Waals surface area contributed by atoms with Crippen molar-refractivity contribution in [2.24, 2.45) is 0 Å². The highest BCUT2D eigenvalue weighted by atomic mass is 32.2. The lowest BCUT2D eigenvalue weighted by molar-refractivity contribution is -0.447. The molecule has 1 N–H and O–H groups in total. The van der Waals surface area contributed by atoms with Gasteiger partial charge in [0, 0.05) is 65.3 Å². The summed E-state index contributed by atoms with van der Waals surface area (Å²) in [5.41, 5.74) is 9.22. The van der Waals surface area contributed by atoms with Crippen LogP contribution < -0.4 is 9.64 Å². The van der Waals surface area contributed by atoms with E-state index in [0.717, 1.165) is 87.1 Å². The Morgan fingerprint density at radius 2 is 1.62 bits per heavy atom. The molecule has 13 heteroatoms. The van der Waals surface area contributed by atoms with Gasteiger partial charge in [0.05, 0.1) is 23.1 Å². The first-order valence-electron chi connectivity index (χ1n) is 20.9. The van der Waals surface area contributed by atoms with Crippen molar-refractivity contribution in [3.8, 4) is 5.75 Å². The molecule has 0 bridgehead atoms. The van der Waals surface area contributed by atoms with E-state index in [1.165, 1.54) is 65.2 Å². The van der Waals surface area contributed by atoms with Gasteiger partial charge >= 0.3 is 0 Å². The summed E-state index contributed by atoms with van der Waals surface area (Å²) in [5.74, 6) is 1.98. The van der Waals surface area contributed by atoms with E-state index >= 15 is 0 Å². The summed E-state index contributed by atoms with van der Waals surface area (Å²) in [6, 6.07) is 23.1. The third kappa shape index (κ3) is 10.6. The predicted octanol–water partition coefficient (Wildman–Crippen LogP) is 9.65. The number of hydrogen-bond acceptors (Lipinski definition) is 9. The van der Waals surface area contributed by atoms with Gasteiger partial charge in [-0.2, -0.15) is 13.0 Å². The molecule has 318 valence electrons. The van der Waals surface area contributed by atoms with Gasteiger partial charge < -0.3 is 14.4 Å². The molecular formula is C47H58BN2O8S2+. The minimum absolute atomic E-state index is 0.188. The monoisotopic (exact) mass is 853 g/mol. The number of unbranched alkanes of at least 4 members (excludes halogenated alkanes) is 3. The summed E-state index contributed by atoms with van der Waals surface area (Å²) in [5, 5.41) is 4.53. The third-order valence-electron chi connectivity index (χ3n) is 11.7. The second-order valence-electron chi connectivity index (χ2n) is 16.7. The second kappa shape index (κ2) is 20.1. The van der Waals surface area contributed by atoms with E-state index in [2.05, 4.69) is 120 Å². The minimum Gasteiger partial charge on any atom is -0.457 e. The molecule has 0 saturated carbocycles. The number of ether oxygens (including phenoxy) is 1. The van der Waals surface area contributed by atoms with Crippen molar-refractivity contribution in [3.63, 3.8) is 0 Å². The molecule has 3 aliphatic rings. The van der Waals surface area contributed by atoms with E-state index in [-0.39, 0.29) is 21.4 Å². The van der Waals surface area contributed by atoms with E-state index < -0.39 is 10.1 Å². The van der Waals surface area contributed by atoms with E-state index in [1.54, 1.807) is 20.0 Å². The molecule has 0 saturated heterocycles. The van der Waals surface area contributed by atoms with Crippen LogP contribution in [-0.2, 0) is 40.0 Å². The van der Waals surface area contributed by atoms with Crippen molar-refractivity contribution < 1.29 is 41.3 Å². The van der Waals surface area contributed by atoms with Gasteiger partial charge in [0.25, 0.3) is 10.1 Å². The fourth-order valence-corrected chi connectivity index (χ4v) is 9.57. The molecule has 3 aromatic carbocycles. The number of hydrogen-bond donors (Lipinski definition) is 1. The number of anilines is 1. The van der Waals surface area contributed by atoms with Crippen molar-refractivity contribution in [1.82, 2.24) is 0 Å². The maximum atomic E-state index is 11.9. The highest BCUT2D eigenvalue weighted by Crippen LogP contribution is 2.48. The van der Waals surface area contributed by atoms with Gasteiger partial charge in [-0.3, -0.25) is 4.55 Å². The summed E-state index contributed by atoms with van der Waals surface area (Å²) < 4.78 is 47.6. The molecule has 10 nitrogen and oxygen atoms in total. The predicted molar refractivity (Wildman–Crippen MR) is 242 cm³/mol. The normalized spacial score (nSPS) is 18.5. The lowest BCUT2D eigenvalue weighted by Crippen LogP contribution is -2.28. The Morgan fingerprint density at radius 3 is 2.35 bits per heavy atom. The second-order valence-corrected chi connectivity index (χ2v) is 18.9. The van der Waals surface area contributed by atoms with E-state index in [9.17, 15) is 17.8 Å². The summed E-state index contributed by atoms with van der Waals surface area (Å²) in [6.45, 7) is 10.8. The molecule has 2 aliphatic heterocycles. The Morgan fingerprint density at radius 1 is 0.883 bits per heavy atom. The van der Waals surface area contributed by atoms with Crippen molar-refractivity contribution in [2.45, 2.75) is 101 Å². The smallest absolute Gasteiger partial charge is 0.294 e. The molecule has 2 heterocycles. The molecule has 6 rings (SSSR count). The summed E-state index contributed by atoms with van der Waals surface area (Å²) in [7, 11) is -1.30. The lowest BCUT2D eigenvalue weighted by Gasteiger charge is -2.27. The first kappa shape index (κ1) is 45.3. The van der Waals surface area contributed by atoms with E-state index in [4.69, 9.17) is 9.07 Å². The molecule has 3 aromatic rings. The summed E-state index contributed by atoms with van der Waals surface area (Å²) in [4.78, 5) is 18.4. The third-order valence-corrected chi connectivity index (χ3v) is 13.2. The van der Waals surface area contributed by atoms with Gasteiger partial charge in [0.1, 0.15) is 18.1 Å². The number of para-hydroxylation sites is 2. The zero-order valence-electron chi connectivity index (χ0n) is 35.7. The molecule has 0 aromatic heterocycles. The first-order chi connectivity index (χ1) is 28.7. The maximum absolute atomic E-state index is 11.9. The zero-order valence-corrected chi connectivity index (χ0v) is 37.4. The number of benzene rings is 3. The van der Waals surface area contributed by atoms with Crippen LogP contribution in [0.5, 0.6) is 5.75 Å². The fourth-order valence-electron chi connectivity index (χ4n) is 8.61. The maximum Gasteiger partial charge on any atom is 0.294 e. The summed E-state index contributed by atoms with van der Waals surface area (Å²) in [6.07, 6.45) is 16.8. The Labute approximate surface area is 361 Å². The zero-order chi connectivity index (χ0) is 42.9. The van der Waals surface area contributed by atoms with Crippen LogP contribution in [0.15, 0.2) is 125 Å². The van der Waals surface area contributed by atoms with Crippen LogP contribution in [0, 0.1) is 0 Å². The summed E-state index contributed by atoms with van der Waals surface area (Å²) >= 11 is 1.22. The number of allylic oxidation sites excluding steroid dienone is 7. The van der Waals surface area contributed by atoms with Crippen LogP contribution in [0.2, 0.25) is 0 Å². The van der Waals surface area contributed by atoms with E-state index in [0.29, 0.717) is 12.2 Å². The number of carbonyl (C=O) groups excluding carboxylic acids is 1. The van der Waals surface area contributed by atoms with Gasteiger partial charge in [-0.25, -0.2) is 4.89 Å². The Kier molecular flexibility index (Phi) is 15.2. The SMILES string of the molecule is BC(=O)CCCCC[N+]1=C(/C=C/C2=C(Oc3ccc(S(=O)(=O)O)cc3)C(=C/C=C3/N(CCCCSOOOC)c4ccccc4C3(C)C)/CCC2)C(C)(C)c2ccccc21.